The molecule has 0 radical (unpaired) electrons. The highest BCUT2D eigenvalue weighted by molar-refractivity contribution is 5.66. The Morgan fingerprint density at radius 3 is 2.64 bits per heavy atom. The molecule has 2 aliphatic heterocycles. The van der Waals surface area contributed by atoms with Gasteiger partial charge in [0.25, 0.3) is 0 Å². The van der Waals surface area contributed by atoms with Crippen LogP contribution in [0, 0.1) is 0 Å². The number of phenols is 1. The lowest BCUT2D eigenvalue weighted by Gasteiger charge is -2.35. The molecule has 8 nitrogen and oxygen atoms in total. The zero-order valence-electron chi connectivity index (χ0n) is 15.7. The standard InChI is InChI=1S/C20H23N7O/c1-26(16-8-13-2-3-14(9-16)23-13)19-11-22-20(25-24-19)17-5-4-15(10-18(17)28)27-7-6-21-12-27/h4-7,10-14,16,23,28H,2-3,8-9H2,1H3. The minimum atomic E-state index is 0.115. The minimum absolute atomic E-state index is 0.115. The summed E-state index contributed by atoms with van der Waals surface area (Å²) >= 11 is 0. The molecule has 8 heteroatoms. The largest absolute Gasteiger partial charge is 0.507 e. The summed E-state index contributed by atoms with van der Waals surface area (Å²) in [5.41, 5.74) is 1.38. The first-order chi connectivity index (χ1) is 13.7. The van der Waals surface area contributed by atoms with E-state index < -0.39 is 0 Å². The quantitative estimate of drug-likeness (QED) is 0.720. The predicted octanol–water partition coefficient (Wildman–Crippen LogP) is 2.15. The molecule has 4 heterocycles. The smallest absolute Gasteiger partial charge is 0.185 e. The second-order valence-corrected chi connectivity index (χ2v) is 7.69. The van der Waals surface area contributed by atoms with E-state index in [0.29, 0.717) is 29.5 Å². The van der Waals surface area contributed by atoms with Gasteiger partial charge in [0.05, 0.1) is 23.8 Å². The number of aromatic hydroxyl groups is 1. The number of fused-ring (bicyclic) bond motifs is 2. The Morgan fingerprint density at radius 2 is 2.00 bits per heavy atom. The Balaban J connectivity index is 1.35. The van der Waals surface area contributed by atoms with Crippen molar-refractivity contribution in [2.24, 2.45) is 0 Å². The van der Waals surface area contributed by atoms with Gasteiger partial charge < -0.3 is 19.9 Å². The van der Waals surface area contributed by atoms with E-state index in [1.807, 2.05) is 16.8 Å². The molecular weight excluding hydrogens is 354 g/mol. The zero-order chi connectivity index (χ0) is 19.1. The molecule has 28 heavy (non-hydrogen) atoms. The van der Waals surface area contributed by atoms with Crippen LogP contribution in [0.25, 0.3) is 17.1 Å². The van der Waals surface area contributed by atoms with Crippen LogP contribution in [-0.4, -0.2) is 55.0 Å². The Kier molecular flexibility index (Phi) is 4.20. The molecule has 3 aromatic rings. The predicted molar refractivity (Wildman–Crippen MR) is 105 cm³/mol. The SMILES string of the molecule is CN(c1cnc(-c2ccc(-n3ccnc3)cc2O)nn1)C1CC2CCC(C1)N2. The first-order valence-corrected chi connectivity index (χ1v) is 9.67. The van der Waals surface area contributed by atoms with E-state index in [-0.39, 0.29) is 5.75 Å². The number of nitrogens with zero attached hydrogens (tertiary/aromatic N) is 6. The van der Waals surface area contributed by atoms with E-state index in [9.17, 15) is 5.11 Å². The van der Waals surface area contributed by atoms with E-state index in [2.05, 4.69) is 37.4 Å². The summed E-state index contributed by atoms with van der Waals surface area (Å²) in [6.07, 6.45) is 11.8. The molecule has 2 bridgehead atoms. The van der Waals surface area contributed by atoms with Gasteiger partial charge in [0.15, 0.2) is 11.6 Å². The molecule has 144 valence electrons. The van der Waals surface area contributed by atoms with Crippen LogP contribution in [0.3, 0.4) is 0 Å². The van der Waals surface area contributed by atoms with Crippen LogP contribution in [0.1, 0.15) is 25.7 Å². The number of piperidine rings is 1. The number of benzene rings is 1. The molecule has 2 atom stereocenters. The number of hydrogen-bond acceptors (Lipinski definition) is 7. The third-order valence-electron chi connectivity index (χ3n) is 5.93. The van der Waals surface area contributed by atoms with Gasteiger partial charge in [0.1, 0.15) is 5.75 Å². The molecule has 2 fully saturated rings. The van der Waals surface area contributed by atoms with Gasteiger partial charge in [-0.05, 0) is 37.8 Å². The number of nitrogens with one attached hydrogen (secondary N) is 1. The van der Waals surface area contributed by atoms with E-state index in [1.165, 1.54) is 12.8 Å². The first-order valence-electron chi connectivity index (χ1n) is 9.67. The summed E-state index contributed by atoms with van der Waals surface area (Å²) in [4.78, 5) is 10.7. The van der Waals surface area contributed by atoms with E-state index in [1.54, 1.807) is 30.9 Å². The third kappa shape index (κ3) is 3.09. The lowest BCUT2D eigenvalue weighted by atomic mass is 9.99. The van der Waals surface area contributed by atoms with Crippen molar-refractivity contribution in [3.05, 3.63) is 43.1 Å². The highest BCUT2D eigenvalue weighted by Crippen LogP contribution is 2.32. The van der Waals surface area contributed by atoms with Crippen LogP contribution in [0.15, 0.2) is 43.1 Å². The number of phenolic OH excluding ortho intramolecular Hbond substituents is 1. The van der Waals surface area contributed by atoms with Gasteiger partial charge in [0.2, 0.25) is 0 Å². The summed E-state index contributed by atoms with van der Waals surface area (Å²) < 4.78 is 1.83. The van der Waals surface area contributed by atoms with E-state index in [4.69, 9.17) is 0 Å². The fourth-order valence-corrected chi connectivity index (χ4v) is 4.37. The van der Waals surface area contributed by atoms with Crippen LogP contribution in [-0.2, 0) is 0 Å². The fraction of sp³-hybridized carbons (Fsp3) is 0.400. The average Bonchev–Trinajstić information content (AvgIpc) is 3.37. The molecule has 2 aromatic heterocycles. The average molecular weight is 377 g/mol. The maximum absolute atomic E-state index is 10.4. The molecule has 0 amide bonds. The van der Waals surface area contributed by atoms with Crippen molar-refractivity contribution >= 4 is 5.82 Å². The molecule has 5 rings (SSSR count). The lowest BCUT2D eigenvalue weighted by molar-refractivity contribution is 0.353. The molecule has 2 N–H and O–H groups in total. The molecule has 2 saturated heterocycles. The van der Waals surface area contributed by atoms with Crippen LogP contribution in [0.2, 0.25) is 0 Å². The van der Waals surface area contributed by atoms with E-state index >= 15 is 0 Å². The highest BCUT2D eigenvalue weighted by atomic mass is 16.3. The van der Waals surface area contributed by atoms with Gasteiger partial charge in [0, 0.05) is 43.6 Å². The van der Waals surface area contributed by atoms with E-state index in [0.717, 1.165) is 24.3 Å². The maximum Gasteiger partial charge on any atom is 0.185 e. The number of aromatic nitrogens is 5. The number of imidazole rings is 1. The van der Waals surface area contributed by atoms with Crippen LogP contribution in [0.5, 0.6) is 5.75 Å². The van der Waals surface area contributed by atoms with Gasteiger partial charge in [-0.1, -0.05) is 0 Å². The van der Waals surface area contributed by atoms with Crippen molar-refractivity contribution in [2.45, 2.75) is 43.8 Å². The molecule has 0 saturated carbocycles. The summed E-state index contributed by atoms with van der Waals surface area (Å²) in [5.74, 6) is 1.30. The topological polar surface area (TPSA) is 92.0 Å². The van der Waals surface area contributed by atoms with Gasteiger partial charge in [-0.25, -0.2) is 9.97 Å². The summed E-state index contributed by atoms with van der Waals surface area (Å²) in [5, 5.41) is 22.8. The second-order valence-electron chi connectivity index (χ2n) is 7.69. The van der Waals surface area contributed by atoms with Crippen molar-refractivity contribution in [1.29, 1.82) is 0 Å². The lowest BCUT2D eigenvalue weighted by Crippen LogP contribution is -2.47. The van der Waals surface area contributed by atoms with Crippen LogP contribution >= 0.6 is 0 Å². The third-order valence-corrected chi connectivity index (χ3v) is 5.93. The highest BCUT2D eigenvalue weighted by Gasteiger charge is 2.35. The first kappa shape index (κ1) is 17.1. The van der Waals surface area contributed by atoms with Crippen molar-refractivity contribution in [1.82, 2.24) is 30.0 Å². The Hall–Kier alpha value is -3.00. The summed E-state index contributed by atoms with van der Waals surface area (Å²) in [6, 6.07) is 7.07. The maximum atomic E-state index is 10.4. The fourth-order valence-electron chi connectivity index (χ4n) is 4.37. The Bertz CT molecular complexity index is 945. The monoisotopic (exact) mass is 377 g/mol. The second kappa shape index (κ2) is 6.87. The van der Waals surface area contributed by atoms with Crippen molar-refractivity contribution in [2.75, 3.05) is 11.9 Å². The normalized spacial score (nSPS) is 23.7. The van der Waals surface area contributed by atoms with Gasteiger partial charge in [-0.3, -0.25) is 0 Å². The number of rotatable bonds is 4. The van der Waals surface area contributed by atoms with Crippen molar-refractivity contribution < 1.29 is 5.11 Å². The molecule has 0 spiro atoms. The number of hydrogen-bond donors (Lipinski definition) is 2. The molecule has 1 aromatic carbocycles. The molecule has 2 unspecified atom stereocenters. The van der Waals surface area contributed by atoms with Crippen LogP contribution in [0.4, 0.5) is 5.82 Å². The van der Waals surface area contributed by atoms with Gasteiger partial charge in [-0.2, -0.15) is 0 Å². The number of anilines is 1. The van der Waals surface area contributed by atoms with Crippen LogP contribution < -0.4 is 10.2 Å². The Morgan fingerprint density at radius 1 is 1.18 bits per heavy atom. The van der Waals surface area contributed by atoms with Gasteiger partial charge >= 0.3 is 0 Å². The Labute approximate surface area is 163 Å². The molecule has 0 aliphatic carbocycles. The summed E-state index contributed by atoms with van der Waals surface area (Å²) in [7, 11) is 2.07. The molecular formula is C20H23N7O. The zero-order valence-corrected chi connectivity index (χ0v) is 15.7. The summed E-state index contributed by atoms with van der Waals surface area (Å²) in [6.45, 7) is 0. The van der Waals surface area contributed by atoms with Gasteiger partial charge in [-0.15, -0.1) is 10.2 Å². The van der Waals surface area contributed by atoms with Crippen molar-refractivity contribution in [3.63, 3.8) is 0 Å². The minimum Gasteiger partial charge on any atom is -0.507 e. The molecule has 2 aliphatic rings. The van der Waals surface area contributed by atoms with Crippen molar-refractivity contribution in [3.8, 4) is 22.8 Å².